The van der Waals surface area contributed by atoms with E-state index in [1.807, 2.05) is 0 Å². The van der Waals surface area contributed by atoms with Crippen molar-refractivity contribution in [1.29, 1.82) is 0 Å². The number of hydrogen-bond donors (Lipinski definition) is 2. The maximum absolute atomic E-state index is 11.7. The molecule has 1 aromatic heterocycles. The highest BCUT2D eigenvalue weighted by molar-refractivity contribution is 5.82. The average Bonchev–Trinajstić information content (AvgIpc) is 2.91. The van der Waals surface area contributed by atoms with Gasteiger partial charge >= 0.3 is 0 Å². The first-order valence-electron chi connectivity index (χ1n) is 6.99. The molecule has 20 heavy (non-hydrogen) atoms. The Hall–Kier alpha value is -1.67. The molecule has 8 heteroatoms. The monoisotopic (exact) mass is 280 g/mol. The molecule has 3 rings (SSSR count). The van der Waals surface area contributed by atoms with Crippen LogP contribution in [-0.2, 0) is 11.2 Å². The smallest absolute Gasteiger partial charge is 0.266 e. The molecule has 2 aliphatic heterocycles. The average molecular weight is 280 g/mol. The highest BCUT2D eigenvalue weighted by Crippen LogP contribution is 2.13. The van der Waals surface area contributed by atoms with Crippen LogP contribution in [0, 0.1) is 0 Å². The second-order valence-electron chi connectivity index (χ2n) is 5.28. The number of nitrogens with one attached hydrogen (secondary N) is 2. The van der Waals surface area contributed by atoms with Crippen LogP contribution in [0.1, 0.15) is 5.89 Å². The number of carbonyl (C=O) groups is 1. The fourth-order valence-electron chi connectivity index (χ4n) is 2.45. The van der Waals surface area contributed by atoms with Crippen LogP contribution in [-0.4, -0.2) is 73.3 Å². The van der Waals surface area contributed by atoms with Gasteiger partial charge in [-0.05, 0) is 12.2 Å². The lowest BCUT2D eigenvalue weighted by atomic mass is 10.1. The van der Waals surface area contributed by atoms with Crippen molar-refractivity contribution in [3.05, 3.63) is 5.89 Å². The number of piperazine rings is 2. The molecule has 3 heterocycles. The van der Waals surface area contributed by atoms with Crippen LogP contribution in [0.25, 0.3) is 0 Å². The molecule has 1 atom stereocenters. The van der Waals surface area contributed by atoms with Crippen LogP contribution in [0.4, 0.5) is 5.95 Å². The van der Waals surface area contributed by atoms with Crippen molar-refractivity contribution in [1.82, 2.24) is 25.7 Å². The molecule has 2 aliphatic rings. The van der Waals surface area contributed by atoms with E-state index >= 15 is 0 Å². The second kappa shape index (κ2) is 5.76. The molecule has 1 unspecified atom stereocenters. The summed E-state index contributed by atoms with van der Waals surface area (Å²) in [6, 6.07) is -0.274. The minimum atomic E-state index is -0.274. The Bertz CT molecular complexity index is 468. The van der Waals surface area contributed by atoms with Gasteiger partial charge in [0.25, 0.3) is 5.95 Å². The van der Waals surface area contributed by atoms with Crippen molar-refractivity contribution >= 4 is 11.9 Å². The van der Waals surface area contributed by atoms with Gasteiger partial charge in [-0.2, -0.15) is 4.98 Å². The zero-order valence-corrected chi connectivity index (χ0v) is 11.6. The van der Waals surface area contributed by atoms with Crippen molar-refractivity contribution in [2.75, 3.05) is 51.2 Å². The maximum atomic E-state index is 11.7. The third-order valence-corrected chi connectivity index (χ3v) is 3.75. The van der Waals surface area contributed by atoms with Gasteiger partial charge in [0.1, 0.15) is 0 Å². The lowest BCUT2D eigenvalue weighted by Gasteiger charge is -2.31. The van der Waals surface area contributed by atoms with Gasteiger partial charge in [0, 0.05) is 39.3 Å². The van der Waals surface area contributed by atoms with Gasteiger partial charge in [-0.3, -0.25) is 4.79 Å². The summed E-state index contributed by atoms with van der Waals surface area (Å²) in [6.07, 6.45) is 0.437. The normalized spacial score (nSPS) is 24.8. The zero-order chi connectivity index (χ0) is 13.9. The van der Waals surface area contributed by atoms with Gasteiger partial charge in [0.15, 0.2) is 0 Å². The Morgan fingerprint density at radius 2 is 2.10 bits per heavy atom. The number of likely N-dealkylation sites (N-methyl/N-ethyl adjacent to an activating group) is 1. The molecule has 0 aliphatic carbocycles. The molecule has 2 saturated heterocycles. The molecule has 2 N–H and O–H groups in total. The van der Waals surface area contributed by atoms with E-state index in [0.717, 1.165) is 32.7 Å². The van der Waals surface area contributed by atoms with E-state index in [1.54, 1.807) is 0 Å². The zero-order valence-electron chi connectivity index (χ0n) is 11.6. The molecule has 2 fully saturated rings. The van der Waals surface area contributed by atoms with E-state index in [4.69, 9.17) is 4.52 Å². The number of anilines is 1. The molecule has 8 nitrogen and oxygen atoms in total. The number of carbonyl (C=O) groups excluding carboxylic acids is 1. The van der Waals surface area contributed by atoms with Crippen LogP contribution >= 0.6 is 0 Å². The molecular weight excluding hydrogens is 260 g/mol. The molecule has 0 bridgehead atoms. The van der Waals surface area contributed by atoms with Crippen molar-refractivity contribution in [2.45, 2.75) is 12.5 Å². The minimum absolute atomic E-state index is 0.00408. The summed E-state index contributed by atoms with van der Waals surface area (Å²) in [5.41, 5.74) is 0. The molecule has 1 amide bonds. The van der Waals surface area contributed by atoms with Gasteiger partial charge in [-0.15, -0.1) is 0 Å². The number of rotatable bonds is 3. The summed E-state index contributed by atoms with van der Waals surface area (Å²) in [5.74, 6) is 1.13. The third kappa shape index (κ3) is 2.91. The van der Waals surface area contributed by atoms with E-state index in [-0.39, 0.29) is 11.9 Å². The standard InChI is InChI=1S/C12H20N6O2/c1-17-4-6-18(7-5-17)12-15-10(20-16-12)8-9-11(19)14-3-2-13-9/h9,13H,2-8H2,1H3,(H,14,19). The predicted molar refractivity (Wildman–Crippen MR) is 72.5 cm³/mol. The lowest BCUT2D eigenvalue weighted by molar-refractivity contribution is -0.124. The van der Waals surface area contributed by atoms with Gasteiger partial charge in [-0.1, -0.05) is 0 Å². The van der Waals surface area contributed by atoms with Crippen LogP contribution in [0.15, 0.2) is 4.52 Å². The summed E-state index contributed by atoms with van der Waals surface area (Å²) < 4.78 is 5.26. The van der Waals surface area contributed by atoms with Crippen molar-refractivity contribution in [3.63, 3.8) is 0 Å². The molecule has 0 aromatic carbocycles. The van der Waals surface area contributed by atoms with E-state index in [9.17, 15) is 4.79 Å². The van der Waals surface area contributed by atoms with Crippen LogP contribution < -0.4 is 15.5 Å². The lowest BCUT2D eigenvalue weighted by Crippen LogP contribution is -2.53. The largest absolute Gasteiger partial charge is 0.353 e. The van der Waals surface area contributed by atoms with Crippen LogP contribution in [0.2, 0.25) is 0 Å². The first-order valence-corrected chi connectivity index (χ1v) is 6.99. The van der Waals surface area contributed by atoms with Gasteiger partial charge in [0.05, 0.1) is 12.5 Å². The minimum Gasteiger partial charge on any atom is -0.353 e. The Balaban J connectivity index is 1.60. The quantitative estimate of drug-likeness (QED) is 0.693. The van der Waals surface area contributed by atoms with Crippen molar-refractivity contribution < 1.29 is 9.32 Å². The molecule has 0 saturated carbocycles. The summed E-state index contributed by atoms with van der Waals surface area (Å²) in [7, 11) is 2.10. The van der Waals surface area contributed by atoms with Crippen LogP contribution in [0.3, 0.4) is 0 Å². The molecule has 0 spiro atoms. The summed E-state index contributed by atoms with van der Waals surface area (Å²) >= 11 is 0. The van der Waals surface area contributed by atoms with E-state index < -0.39 is 0 Å². The number of nitrogens with zero attached hydrogens (tertiary/aromatic N) is 4. The third-order valence-electron chi connectivity index (χ3n) is 3.75. The van der Waals surface area contributed by atoms with Gasteiger partial charge < -0.3 is 25.0 Å². The van der Waals surface area contributed by atoms with E-state index in [1.165, 1.54) is 0 Å². The van der Waals surface area contributed by atoms with E-state index in [0.29, 0.717) is 24.8 Å². The van der Waals surface area contributed by atoms with Gasteiger partial charge in [0.2, 0.25) is 11.8 Å². The van der Waals surface area contributed by atoms with Crippen LogP contribution in [0.5, 0.6) is 0 Å². The van der Waals surface area contributed by atoms with Gasteiger partial charge in [-0.25, -0.2) is 0 Å². The molecule has 1 aromatic rings. The predicted octanol–water partition coefficient (Wildman–Crippen LogP) is -1.55. The first-order chi connectivity index (χ1) is 9.72. The fourth-order valence-corrected chi connectivity index (χ4v) is 2.45. The SMILES string of the molecule is CN1CCN(c2noc(CC3NCCNC3=O)n2)CC1. The summed E-state index contributed by atoms with van der Waals surface area (Å²) in [5, 5.41) is 9.99. The second-order valence-corrected chi connectivity index (χ2v) is 5.28. The highest BCUT2D eigenvalue weighted by atomic mass is 16.5. The molecular formula is C12H20N6O2. The Morgan fingerprint density at radius 3 is 2.85 bits per heavy atom. The summed E-state index contributed by atoms with van der Waals surface area (Å²) in [4.78, 5) is 20.4. The Morgan fingerprint density at radius 1 is 1.30 bits per heavy atom. The molecule has 110 valence electrons. The molecule has 0 radical (unpaired) electrons. The fraction of sp³-hybridized carbons (Fsp3) is 0.750. The first kappa shape index (κ1) is 13.3. The topological polar surface area (TPSA) is 86.5 Å². The number of aromatic nitrogens is 2. The van der Waals surface area contributed by atoms with Crippen molar-refractivity contribution in [3.8, 4) is 0 Å². The Labute approximate surface area is 117 Å². The number of hydrogen-bond acceptors (Lipinski definition) is 7. The number of amides is 1. The summed E-state index contributed by atoms with van der Waals surface area (Å²) in [6.45, 7) is 5.24. The van der Waals surface area contributed by atoms with E-state index in [2.05, 4.69) is 37.6 Å². The maximum Gasteiger partial charge on any atom is 0.266 e. The Kier molecular flexibility index (Phi) is 3.83. The van der Waals surface area contributed by atoms with Crippen molar-refractivity contribution in [2.24, 2.45) is 0 Å². The highest BCUT2D eigenvalue weighted by Gasteiger charge is 2.25.